The van der Waals surface area contributed by atoms with Crippen LogP contribution in [0.3, 0.4) is 0 Å². The van der Waals surface area contributed by atoms with E-state index in [0.29, 0.717) is 25.1 Å². The number of rotatable bonds is 9. The summed E-state index contributed by atoms with van der Waals surface area (Å²) in [6.45, 7) is 12.7. The fourth-order valence-electron chi connectivity index (χ4n) is 3.16. The van der Waals surface area contributed by atoms with E-state index in [2.05, 4.69) is 27.4 Å². The van der Waals surface area contributed by atoms with Crippen LogP contribution in [-0.4, -0.2) is 80.2 Å². The third-order valence-electron chi connectivity index (χ3n) is 4.90. The lowest BCUT2D eigenvalue weighted by atomic mass is 10.2. The van der Waals surface area contributed by atoms with Crippen molar-refractivity contribution in [1.82, 2.24) is 20.4 Å². The number of carbonyl (C=O) groups excluding carboxylic acids is 1. The molecule has 0 saturated carbocycles. The molecule has 1 aromatic carbocycles. The van der Waals surface area contributed by atoms with E-state index in [1.165, 1.54) is 0 Å². The first-order valence-electron chi connectivity index (χ1n) is 10.3. The van der Waals surface area contributed by atoms with Gasteiger partial charge in [0.1, 0.15) is 6.54 Å². The molecular weight excluding hydrogens is 481 g/mol. The summed E-state index contributed by atoms with van der Waals surface area (Å²) in [5, 5.41) is 6.59. The Bertz CT molecular complexity index is 608. The molecule has 1 aromatic rings. The Hall–Kier alpha value is -1.39. The highest BCUT2D eigenvalue weighted by molar-refractivity contribution is 14.0. The highest BCUT2D eigenvalue weighted by atomic mass is 127. The van der Waals surface area contributed by atoms with E-state index in [4.69, 9.17) is 4.74 Å². The third-order valence-corrected chi connectivity index (χ3v) is 4.90. The van der Waals surface area contributed by atoms with Crippen LogP contribution in [0.4, 0.5) is 0 Å². The van der Waals surface area contributed by atoms with Crippen molar-refractivity contribution in [3.63, 3.8) is 0 Å². The van der Waals surface area contributed by atoms with Gasteiger partial charge in [-0.1, -0.05) is 30.3 Å². The average molecular weight is 517 g/mol. The zero-order valence-electron chi connectivity index (χ0n) is 17.9. The predicted octanol–water partition coefficient (Wildman–Crippen LogP) is 1.93. The second-order valence-corrected chi connectivity index (χ2v) is 6.97. The summed E-state index contributed by atoms with van der Waals surface area (Å²) in [4.78, 5) is 21.4. The lowest BCUT2D eigenvalue weighted by Crippen LogP contribution is -2.49. The summed E-state index contributed by atoms with van der Waals surface area (Å²) in [6.07, 6.45) is 0. The van der Waals surface area contributed by atoms with Gasteiger partial charge >= 0.3 is 0 Å². The van der Waals surface area contributed by atoms with E-state index in [1.54, 1.807) is 0 Å². The Morgan fingerprint density at radius 3 is 2.52 bits per heavy atom. The number of halogens is 1. The largest absolute Gasteiger partial charge is 0.379 e. The van der Waals surface area contributed by atoms with Gasteiger partial charge < -0.3 is 20.3 Å². The molecule has 1 fully saturated rings. The monoisotopic (exact) mass is 517 g/mol. The number of aliphatic imine (C=N–C) groups is 1. The maximum Gasteiger partial charge on any atom is 0.244 e. The average Bonchev–Trinajstić information content (AvgIpc) is 2.74. The van der Waals surface area contributed by atoms with Crippen LogP contribution in [-0.2, 0) is 16.1 Å². The van der Waals surface area contributed by atoms with Gasteiger partial charge in [-0.05, 0) is 26.3 Å². The van der Waals surface area contributed by atoms with Crippen molar-refractivity contribution >= 4 is 35.8 Å². The highest BCUT2D eigenvalue weighted by Gasteiger charge is 2.17. The number of benzene rings is 1. The molecule has 1 amide bonds. The minimum absolute atomic E-state index is 0. The van der Waals surface area contributed by atoms with E-state index >= 15 is 0 Å². The summed E-state index contributed by atoms with van der Waals surface area (Å²) in [5.41, 5.74) is 1.13. The number of amides is 1. The second-order valence-electron chi connectivity index (χ2n) is 6.97. The molecular formula is C21H36IN5O2. The molecule has 2 rings (SSSR count). The van der Waals surface area contributed by atoms with Crippen molar-refractivity contribution in [1.29, 1.82) is 0 Å². The number of carbonyl (C=O) groups is 1. The first kappa shape index (κ1) is 25.6. The molecule has 2 N–H and O–H groups in total. The quantitative estimate of drug-likeness (QED) is 0.298. The highest BCUT2D eigenvalue weighted by Crippen LogP contribution is 2.05. The van der Waals surface area contributed by atoms with E-state index in [-0.39, 0.29) is 36.4 Å². The summed E-state index contributed by atoms with van der Waals surface area (Å²) >= 11 is 0. The van der Waals surface area contributed by atoms with Crippen LogP contribution >= 0.6 is 24.0 Å². The molecule has 0 spiro atoms. The van der Waals surface area contributed by atoms with Crippen LogP contribution in [0, 0.1) is 0 Å². The van der Waals surface area contributed by atoms with Crippen molar-refractivity contribution in [2.75, 3.05) is 52.5 Å². The number of hydrogen-bond donors (Lipinski definition) is 2. The Balaban J connectivity index is 0.00000420. The molecule has 164 valence electrons. The van der Waals surface area contributed by atoms with Crippen LogP contribution in [0.1, 0.15) is 26.3 Å². The number of nitrogens with zero attached hydrogens (tertiary/aromatic N) is 3. The Morgan fingerprint density at radius 2 is 1.90 bits per heavy atom. The van der Waals surface area contributed by atoms with Gasteiger partial charge in [-0.15, -0.1) is 24.0 Å². The van der Waals surface area contributed by atoms with E-state index in [0.717, 1.165) is 45.0 Å². The molecule has 1 aliphatic rings. The van der Waals surface area contributed by atoms with Gasteiger partial charge in [0.05, 0.1) is 13.2 Å². The molecule has 7 nitrogen and oxygen atoms in total. The molecule has 29 heavy (non-hydrogen) atoms. The zero-order valence-corrected chi connectivity index (χ0v) is 20.2. The minimum atomic E-state index is 0. The fraction of sp³-hybridized carbons (Fsp3) is 0.619. The van der Waals surface area contributed by atoms with Gasteiger partial charge in [0.2, 0.25) is 5.91 Å². The predicted molar refractivity (Wildman–Crippen MR) is 129 cm³/mol. The minimum Gasteiger partial charge on any atom is -0.379 e. The first-order chi connectivity index (χ1) is 13.6. The van der Waals surface area contributed by atoms with Gasteiger partial charge in [-0.25, -0.2) is 4.99 Å². The van der Waals surface area contributed by atoms with Crippen LogP contribution in [0.5, 0.6) is 0 Å². The van der Waals surface area contributed by atoms with E-state index < -0.39 is 0 Å². The normalized spacial score (nSPS) is 15.9. The van der Waals surface area contributed by atoms with E-state index in [1.807, 2.05) is 49.1 Å². The zero-order chi connectivity index (χ0) is 20.2. The van der Waals surface area contributed by atoms with Crippen molar-refractivity contribution in [2.45, 2.75) is 33.4 Å². The number of morpholine rings is 1. The van der Waals surface area contributed by atoms with Crippen LogP contribution in [0.15, 0.2) is 35.3 Å². The van der Waals surface area contributed by atoms with Gasteiger partial charge in [0, 0.05) is 45.3 Å². The van der Waals surface area contributed by atoms with Gasteiger partial charge in [0.25, 0.3) is 0 Å². The number of hydrogen-bond acceptors (Lipinski definition) is 4. The molecule has 8 heteroatoms. The van der Waals surface area contributed by atoms with Crippen molar-refractivity contribution in [3.05, 3.63) is 35.9 Å². The van der Waals surface area contributed by atoms with Crippen LogP contribution < -0.4 is 10.6 Å². The Labute approximate surface area is 192 Å². The Morgan fingerprint density at radius 1 is 1.21 bits per heavy atom. The van der Waals surface area contributed by atoms with Gasteiger partial charge in [0.15, 0.2) is 5.96 Å². The molecule has 1 aliphatic heterocycles. The molecule has 1 atom stereocenters. The van der Waals surface area contributed by atoms with Gasteiger partial charge in [-0.3, -0.25) is 9.69 Å². The van der Waals surface area contributed by atoms with Crippen molar-refractivity contribution < 1.29 is 9.53 Å². The van der Waals surface area contributed by atoms with Crippen molar-refractivity contribution in [2.24, 2.45) is 4.99 Å². The molecule has 0 radical (unpaired) electrons. The summed E-state index contributed by atoms with van der Waals surface area (Å²) < 4.78 is 5.41. The summed E-state index contributed by atoms with van der Waals surface area (Å²) in [6, 6.07) is 10.4. The first-order valence-corrected chi connectivity index (χ1v) is 10.3. The van der Waals surface area contributed by atoms with E-state index in [9.17, 15) is 4.79 Å². The topological polar surface area (TPSA) is 69.2 Å². The van der Waals surface area contributed by atoms with Crippen LogP contribution in [0.25, 0.3) is 0 Å². The second kappa shape index (κ2) is 14.6. The lowest BCUT2D eigenvalue weighted by Gasteiger charge is -2.32. The van der Waals surface area contributed by atoms with Crippen LogP contribution in [0.2, 0.25) is 0 Å². The molecule has 0 bridgehead atoms. The number of guanidine groups is 1. The summed E-state index contributed by atoms with van der Waals surface area (Å²) in [5.74, 6) is 0.719. The summed E-state index contributed by atoms with van der Waals surface area (Å²) in [7, 11) is 0. The number of nitrogens with one attached hydrogen (secondary N) is 2. The molecule has 1 saturated heterocycles. The molecule has 1 unspecified atom stereocenters. The van der Waals surface area contributed by atoms with Crippen molar-refractivity contribution in [3.8, 4) is 0 Å². The maximum atomic E-state index is 12.6. The standard InChI is InChI=1S/C21H35N5O2.HI/c1-4-22-21(23-15-18(3)26-11-13-28-14-12-26)24-16-20(27)25(5-2)17-19-9-7-6-8-10-19;/h6-10,18H,4-5,11-17H2,1-3H3,(H2,22,23,24);1H. The smallest absolute Gasteiger partial charge is 0.244 e. The SMILES string of the molecule is CCNC(=NCC(=O)N(CC)Cc1ccccc1)NCC(C)N1CCOCC1.I. The van der Waals surface area contributed by atoms with Gasteiger partial charge in [-0.2, -0.15) is 0 Å². The lowest BCUT2D eigenvalue weighted by molar-refractivity contribution is -0.130. The maximum absolute atomic E-state index is 12.6. The molecule has 1 heterocycles. The molecule has 0 aromatic heterocycles. The Kier molecular flexibility index (Phi) is 12.9. The fourth-order valence-corrected chi connectivity index (χ4v) is 3.16. The molecule has 0 aliphatic carbocycles. The number of likely N-dealkylation sites (N-methyl/N-ethyl adjacent to an activating group) is 1. The number of ether oxygens (including phenoxy) is 1. The third kappa shape index (κ3) is 9.31.